The van der Waals surface area contributed by atoms with Crippen molar-refractivity contribution in [1.82, 2.24) is 16.0 Å². The van der Waals surface area contributed by atoms with Crippen molar-refractivity contribution in [3.8, 4) is 5.75 Å². The molecule has 6 nitrogen and oxygen atoms in total. The molecule has 0 aromatic heterocycles. The minimum absolute atomic E-state index is 0.100. The number of hydrogen-bond acceptors (Lipinski definition) is 4. The van der Waals surface area contributed by atoms with Gasteiger partial charge in [-0.25, -0.2) is 4.39 Å². The Morgan fingerprint density at radius 2 is 1.85 bits per heavy atom. The predicted molar refractivity (Wildman–Crippen MR) is 117 cm³/mol. The van der Waals surface area contributed by atoms with Gasteiger partial charge in [0.05, 0.1) is 37.3 Å². The van der Waals surface area contributed by atoms with Gasteiger partial charge in [0.15, 0.2) is 11.6 Å². The summed E-state index contributed by atoms with van der Waals surface area (Å²) in [5.74, 6) is -1.33. The van der Waals surface area contributed by atoms with Crippen LogP contribution in [0.15, 0.2) is 42.5 Å². The van der Waals surface area contributed by atoms with Crippen LogP contribution in [-0.4, -0.2) is 31.1 Å². The van der Waals surface area contributed by atoms with Crippen LogP contribution in [0.5, 0.6) is 5.75 Å². The van der Waals surface area contributed by atoms with E-state index in [-0.39, 0.29) is 30.4 Å². The van der Waals surface area contributed by atoms with Gasteiger partial charge in [-0.3, -0.25) is 14.9 Å². The van der Waals surface area contributed by atoms with Crippen molar-refractivity contribution >= 4 is 11.8 Å². The molecule has 2 aromatic rings. The average molecular weight is 481 g/mol. The second-order valence-electron chi connectivity index (χ2n) is 8.57. The number of rotatable bonds is 7. The Morgan fingerprint density at radius 1 is 1.18 bits per heavy atom. The Bertz CT molecular complexity index is 1030. The van der Waals surface area contributed by atoms with Crippen molar-refractivity contribution in [3.05, 3.63) is 65.0 Å². The number of ether oxygens (including phenoxy) is 1. The number of benzene rings is 2. The van der Waals surface area contributed by atoms with E-state index in [4.69, 9.17) is 4.74 Å². The summed E-state index contributed by atoms with van der Waals surface area (Å²) in [7, 11) is 1.36. The largest absolute Gasteiger partial charge is 0.494 e. The molecule has 184 valence electrons. The first-order valence-electron chi connectivity index (χ1n) is 10.8. The fourth-order valence-corrected chi connectivity index (χ4v) is 3.90. The lowest BCUT2D eigenvalue weighted by molar-refractivity contribution is -0.137. The van der Waals surface area contributed by atoms with E-state index in [1.165, 1.54) is 31.4 Å². The molecule has 3 rings (SSSR count). The Balaban J connectivity index is 1.69. The van der Waals surface area contributed by atoms with Crippen LogP contribution in [0.2, 0.25) is 0 Å². The van der Waals surface area contributed by atoms with Crippen LogP contribution in [0.3, 0.4) is 0 Å². The van der Waals surface area contributed by atoms with Gasteiger partial charge in [0.1, 0.15) is 0 Å². The zero-order valence-electron chi connectivity index (χ0n) is 19.0. The van der Waals surface area contributed by atoms with E-state index in [0.717, 1.165) is 12.1 Å². The number of hydrogen-bond donors (Lipinski definition) is 3. The van der Waals surface area contributed by atoms with Gasteiger partial charge in [-0.15, -0.1) is 0 Å². The monoisotopic (exact) mass is 481 g/mol. The first-order valence-corrected chi connectivity index (χ1v) is 10.8. The van der Waals surface area contributed by atoms with Crippen LogP contribution >= 0.6 is 0 Å². The maximum Gasteiger partial charge on any atom is 0.416 e. The van der Waals surface area contributed by atoms with E-state index in [1.807, 2.05) is 13.8 Å². The molecule has 2 unspecified atom stereocenters. The summed E-state index contributed by atoms with van der Waals surface area (Å²) in [4.78, 5) is 25.2. The Morgan fingerprint density at radius 3 is 2.41 bits per heavy atom. The summed E-state index contributed by atoms with van der Waals surface area (Å²) < 4.78 is 57.5. The third kappa shape index (κ3) is 6.25. The molecule has 1 saturated heterocycles. The molecule has 0 aliphatic carbocycles. The van der Waals surface area contributed by atoms with Crippen molar-refractivity contribution < 1.29 is 31.9 Å². The maximum absolute atomic E-state index is 14.0. The first kappa shape index (κ1) is 25.5. The van der Waals surface area contributed by atoms with Gasteiger partial charge in [0, 0.05) is 6.42 Å². The Labute approximate surface area is 195 Å². The standard InChI is InChI=1S/C24H27F4N3O3/c1-13(2)22(15-5-7-16(8-6-15)24(26,27)28)31-23(33)18-12-21(32)30-20(29-18)11-14-4-9-19(34-3)17(25)10-14/h4-10,13,18,20,22,29H,11-12H2,1-3H3,(H,30,32)(H,31,33)/t18?,20?,22-/m1/s1. The molecule has 0 spiro atoms. The lowest BCUT2D eigenvalue weighted by Gasteiger charge is -2.33. The second kappa shape index (κ2) is 10.4. The van der Waals surface area contributed by atoms with Crippen molar-refractivity contribution in [2.45, 2.75) is 51.1 Å². The van der Waals surface area contributed by atoms with Gasteiger partial charge >= 0.3 is 6.18 Å². The summed E-state index contributed by atoms with van der Waals surface area (Å²) in [6.07, 6.45) is -4.91. The van der Waals surface area contributed by atoms with Gasteiger partial charge in [0.25, 0.3) is 0 Å². The molecule has 1 aliphatic rings. The first-order chi connectivity index (χ1) is 16.0. The normalized spacial score (nSPS) is 19.5. The quantitative estimate of drug-likeness (QED) is 0.527. The molecule has 0 bridgehead atoms. The van der Waals surface area contributed by atoms with Crippen molar-refractivity contribution in [2.24, 2.45) is 5.92 Å². The number of methoxy groups -OCH3 is 1. The zero-order valence-corrected chi connectivity index (χ0v) is 19.0. The molecule has 0 saturated carbocycles. The number of carbonyl (C=O) groups is 2. The van der Waals surface area contributed by atoms with Crippen LogP contribution in [0.1, 0.15) is 43.0 Å². The smallest absolute Gasteiger partial charge is 0.416 e. The third-order valence-corrected chi connectivity index (χ3v) is 5.66. The highest BCUT2D eigenvalue weighted by atomic mass is 19.4. The lowest BCUT2D eigenvalue weighted by Crippen LogP contribution is -2.61. The van der Waals surface area contributed by atoms with Crippen LogP contribution in [0.25, 0.3) is 0 Å². The molecule has 2 amide bonds. The van der Waals surface area contributed by atoms with E-state index < -0.39 is 41.7 Å². The summed E-state index contributed by atoms with van der Waals surface area (Å²) in [6.45, 7) is 3.68. The number of carbonyl (C=O) groups excluding carboxylic acids is 2. The number of amides is 2. The van der Waals surface area contributed by atoms with Gasteiger partial charge in [-0.05, 0) is 41.3 Å². The summed E-state index contributed by atoms with van der Waals surface area (Å²) >= 11 is 0. The second-order valence-corrected chi connectivity index (χ2v) is 8.57. The summed E-state index contributed by atoms with van der Waals surface area (Å²) in [5, 5.41) is 8.64. The van der Waals surface area contributed by atoms with E-state index >= 15 is 0 Å². The minimum Gasteiger partial charge on any atom is -0.494 e. The van der Waals surface area contributed by atoms with E-state index in [1.54, 1.807) is 6.07 Å². The summed E-state index contributed by atoms with van der Waals surface area (Å²) in [6, 6.07) is 7.70. The third-order valence-electron chi connectivity index (χ3n) is 5.66. The molecule has 3 N–H and O–H groups in total. The van der Waals surface area contributed by atoms with Gasteiger partial charge in [-0.2, -0.15) is 13.2 Å². The molecule has 10 heteroatoms. The fraction of sp³-hybridized carbons (Fsp3) is 0.417. The van der Waals surface area contributed by atoms with Crippen LogP contribution in [-0.2, 0) is 22.2 Å². The molecule has 1 fully saturated rings. The minimum atomic E-state index is -4.45. The highest BCUT2D eigenvalue weighted by Crippen LogP contribution is 2.31. The van der Waals surface area contributed by atoms with Gasteiger partial charge in [-0.1, -0.05) is 32.0 Å². The number of alkyl halides is 3. The highest BCUT2D eigenvalue weighted by Gasteiger charge is 2.33. The average Bonchev–Trinajstić information content (AvgIpc) is 2.76. The number of nitrogens with one attached hydrogen (secondary N) is 3. The Hall–Kier alpha value is -3.14. The maximum atomic E-state index is 14.0. The van der Waals surface area contributed by atoms with Crippen molar-refractivity contribution in [1.29, 1.82) is 0 Å². The highest BCUT2D eigenvalue weighted by molar-refractivity contribution is 5.89. The molecule has 2 aromatic carbocycles. The zero-order chi connectivity index (χ0) is 25.0. The van der Waals surface area contributed by atoms with E-state index in [9.17, 15) is 27.2 Å². The Kier molecular flexibility index (Phi) is 7.81. The van der Waals surface area contributed by atoms with E-state index in [0.29, 0.717) is 11.1 Å². The van der Waals surface area contributed by atoms with E-state index in [2.05, 4.69) is 16.0 Å². The topological polar surface area (TPSA) is 79.5 Å². The molecule has 34 heavy (non-hydrogen) atoms. The van der Waals surface area contributed by atoms with Crippen molar-refractivity contribution in [2.75, 3.05) is 7.11 Å². The lowest BCUT2D eigenvalue weighted by atomic mass is 9.94. The molecular weight excluding hydrogens is 454 g/mol. The molecule has 0 radical (unpaired) electrons. The van der Waals surface area contributed by atoms with Gasteiger partial charge < -0.3 is 15.4 Å². The number of halogens is 4. The fourth-order valence-electron chi connectivity index (χ4n) is 3.90. The predicted octanol–water partition coefficient (Wildman–Crippen LogP) is 3.71. The SMILES string of the molecule is COc1ccc(CC2NC(=O)CC(C(=O)N[C@@H](c3ccc(C(F)(F)F)cc3)C(C)C)N2)cc1F. The van der Waals surface area contributed by atoms with Crippen LogP contribution < -0.4 is 20.7 Å². The molecular formula is C24H27F4N3O3. The molecule has 3 atom stereocenters. The summed E-state index contributed by atoms with van der Waals surface area (Å²) in [5.41, 5.74) is 0.359. The van der Waals surface area contributed by atoms with Crippen molar-refractivity contribution in [3.63, 3.8) is 0 Å². The molecule has 1 heterocycles. The molecule has 1 aliphatic heterocycles. The van der Waals surface area contributed by atoms with Crippen LogP contribution in [0, 0.1) is 11.7 Å². The van der Waals surface area contributed by atoms with Gasteiger partial charge in [0.2, 0.25) is 11.8 Å². The van der Waals surface area contributed by atoms with Crippen LogP contribution in [0.4, 0.5) is 17.6 Å².